The topological polar surface area (TPSA) is 53.7 Å². The Balaban J connectivity index is 2.71. The van der Waals surface area contributed by atoms with Crippen molar-refractivity contribution < 1.29 is 23.1 Å². The molecule has 1 N–H and O–H groups in total. The highest BCUT2D eigenvalue weighted by molar-refractivity contribution is 7.98. The average molecular weight is 293 g/mol. The van der Waals surface area contributed by atoms with Crippen molar-refractivity contribution in [2.45, 2.75) is 31.4 Å². The predicted octanol–water partition coefficient (Wildman–Crippen LogP) is 2.58. The molecule has 4 nitrogen and oxygen atoms in total. The average Bonchev–Trinajstić information content (AvgIpc) is 2.81. The lowest BCUT2D eigenvalue weighted by atomic mass is 10.3. The van der Waals surface area contributed by atoms with Crippen molar-refractivity contribution in [3.05, 3.63) is 23.7 Å². The van der Waals surface area contributed by atoms with Crippen molar-refractivity contribution >= 4 is 17.7 Å². The molecule has 0 spiro atoms. The Bertz CT molecular complexity index is 409. The summed E-state index contributed by atoms with van der Waals surface area (Å²) >= 11 is 0.442. The Morgan fingerprint density at radius 2 is 2.16 bits per heavy atom. The number of carbonyl (C=O) groups excluding carboxylic acids is 1. The summed E-state index contributed by atoms with van der Waals surface area (Å²) in [5.41, 5.74) is 0. The molecule has 7 heteroatoms. The lowest BCUT2D eigenvalue weighted by molar-refractivity contribution is 0.0632. The zero-order valence-corrected chi connectivity index (χ0v) is 11.6. The smallest absolute Gasteiger partial charge is 0.289 e. The van der Waals surface area contributed by atoms with Crippen LogP contribution in [0.15, 0.2) is 16.5 Å². The number of amides is 1. The van der Waals surface area contributed by atoms with Gasteiger partial charge in [-0.2, -0.15) is 8.78 Å². The molecule has 0 bridgehead atoms. The molecule has 0 aliphatic rings. The number of carbonyl (C=O) groups is 1. The van der Waals surface area contributed by atoms with E-state index in [4.69, 9.17) is 9.52 Å². The highest BCUT2D eigenvalue weighted by Crippen LogP contribution is 2.22. The van der Waals surface area contributed by atoms with E-state index >= 15 is 0 Å². The van der Waals surface area contributed by atoms with Gasteiger partial charge in [-0.05, 0) is 26.0 Å². The van der Waals surface area contributed by atoms with Crippen LogP contribution in [0.25, 0.3) is 0 Å². The third-order valence-electron chi connectivity index (χ3n) is 2.45. The first-order valence-electron chi connectivity index (χ1n) is 5.86. The first-order valence-corrected chi connectivity index (χ1v) is 6.91. The van der Waals surface area contributed by atoms with Gasteiger partial charge in [-0.15, -0.1) is 0 Å². The second kappa shape index (κ2) is 7.49. The zero-order valence-electron chi connectivity index (χ0n) is 10.8. The summed E-state index contributed by atoms with van der Waals surface area (Å²) in [6.45, 7) is 3.71. The molecular weight excluding hydrogens is 276 g/mol. The van der Waals surface area contributed by atoms with Gasteiger partial charge in [-0.1, -0.05) is 11.8 Å². The molecule has 0 fully saturated rings. The van der Waals surface area contributed by atoms with Crippen molar-refractivity contribution in [3.63, 3.8) is 0 Å². The third kappa shape index (κ3) is 4.83. The predicted molar refractivity (Wildman–Crippen MR) is 69.3 cm³/mol. The number of hydrogen-bond acceptors (Lipinski definition) is 4. The number of furan rings is 1. The second-order valence-corrected chi connectivity index (χ2v) is 5.13. The van der Waals surface area contributed by atoms with E-state index in [2.05, 4.69) is 0 Å². The number of hydrogen-bond donors (Lipinski definition) is 1. The second-order valence-electron chi connectivity index (χ2n) is 4.15. The van der Waals surface area contributed by atoms with Crippen molar-refractivity contribution in [3.8, 4) is 0 Å². The minimum Gasteiger partial charge on any atom is -0.455 e. The molecule has 0 saturated heterocycles. The highest BCUT2D eigenvalue weighted by atomic mass is 32.2. The van der Waals surface area contributed by atoms with Gasteiger partial charge in [0.15, 0.2) is 5.76 Å². The first-order chi connectivity index (χ1) is 8.95. The van der Waals surface area contributed by atoms with E-state index in [0.717, 1.165) is 0 Å². The molecule has 1 amide bonds. The maximum Gasteiger partial charge on any atom is 0.289 e. The van der Waals surface area contributed by atoms with Crippen LogP contribution in [0.4, 0.5) is 8.78 Å². The Hall–Kier alpha value is -1.08. The summed E-state index contributed by atoms with van der Waals surface area (Å²) in [5, 5.41) is 8.92. The Labute approximate surface area is 114 Å². The lowest BCUT2D eigenvalue weighted by Crippen LogP contribution is -2.38. The standard InChI is InChI=1S/C12H17F2NO3S/c1-8(2)15(5-6-16)11(17)10-4-3-9(18-10)7-19-12(13)14/h3-4,8,12,16H,5-7H2,1-2H3. The van der Waals surface area contributed by atoms with Crippen LogP contribution in [0.2, 0.25) is 0 Å². The van der Waals surface area contributed by atoms with E-state index in [9.17, 15) is 13.6 Å². The SMILES string of the molecule is CC(C)N(CCO)C(=O)c1ccc(CSC(F)F)o1. The molecule has 0 aliphatic carbocycles. The van der Waals surface area contributed by atoms with Crippen LogP contribution in [0.3, 0.4) is 0 Å². The number of nitrogens with zero attached hydrogens (tertiary/aromatic N) is 1. The summed E-state index contributed by atoms with van der Waals surface area (Å²) in [4.78, 5) is 13.6. The molecule has 0 saturated carbocycles. The maximum absolute atomic E-state index is 12.1. The minimum absolute atomic E-state index is 0.0205. The van der Waals surface area contributed by atoms with Crippen molar-refractivity contribution in [1.82, 2.24) is 4.90 Å². The molecule has 1 heterocycles. The Morgan fingerprint density at radius 1 is 1.47 bits per heavy atom. The van der Waals surface area contributed by atoms with Crippen LogP contribution in [0.1, 0.15) is 30.2 Å². The fourth-order valence-corrected chi connectivity index (χ4v) is 2.00. The normalized spacial score (nSPS) is 11.3. The quantitative estimate of drug-likeness (QED) is 0.839. The van der Waals surface area contributed by atoms with Crippen LogP contribution in [-0.4, -0.2) is 40.9 Å². The first kappa shape index (κ1) is 16.0. The monoisotopic (exact) mass is 293 g/mol. The summed E-state index contributed by atoms with van der Waals surface area (Å²) in [7, 11) is 0. The van der Waals surface area contributed by atoms with Gasteiger partial charge >= 0.3 is 0 Å². The summed E-state index contributed by atoms with van der Waals surface area (Å²) in [6, 6.07) is 2.90. The Kier molecular flexibility index (Phi) is 6.30. The van der Waals surface area contributed by atoms with Crippen molar-refractivity contribution in [2.75, 3.05) is 13.2 Å². The zero-order chi connectivity index (χ0) is 14.4. The van der Waals surface area contributed by atoms with E-state index in [0.29, 0.717) is 17.5 Å². The van der Waals surface area contributed by atoms with Gasteiger partial charge in [-0.3, -0.25) is 4.79 Å². The van der Waals surface area contributed by atoms with Crippen LogP contribution in [-0.2, 0) is 5.75 Å². The number of halogens is 2. The molecule has 0 aromatic carbocycles. The van der Waals surface area contributed by atoms with Gasteiger partial charge in [0.1, 0.15) is 5.76 Å². The largest absolute Gasteiger partial charge is 0.455 e. The fraction of sp³-hybridized carbons (Fsp3) is 0.583. The summed E-state index contributed by atoms with van der Waals surface area (Å²) in [6.07, 6.45) is 0. The molecule has 0 unspecified atom stereocenters. The summed E-state index contributed by atoms with van der Waals surface area (Å²) < 4.78 is 29.3. The van der Waals surface area contributed by atoms with E-state index < -0.39 is 5.76 Å². The molecule has 19 heavy (non-hydrogen) atoms. The lowest BCUT2D eigenvalue weighted by Gasteiger charge is -2.24. The van der Waals surface area contributed by atoms with Gasteiger partial charge in [-0.25, -0.2) is 0 Å². The van der Waals surface area contributed by atoms with Gasteiger partial charge in [0.2, 0.25) is 0 Å². The molecule has 0 radical (unpaired) electrons. The Morgan fingerprint density at radius 3 is 2.68 bits per heavy atom. The third-order valence-corrected chi connectivity index (χ3v) is 3.15. The van der Waals surface area contributed by atoms with E-state index in [-0.39, 0.29) is 36.6 Å². The van der Waals surface area contributed by atoms with Crippen LogP contribution in [0, 0.1) is 0 Å². The molecule has 1 rings (SSSR count). The van der Waals surface area contributed by atoms with Gasteiger partial charge in [0, 0.05) is 12.6 Å². The van der Waals surface area contributed by atoms with Gasteiger partial charge in [0.25, 0.3) is 11.7 Å². The van der Waals surface area contributed by atoms with E-state index in [1.807, 2.05) is 13.8 Å². The maximum atomic E-state index is 12.1. The fourth-order valence-electron chi connectivity index (χ4n) is 1.56. The van der Waals surface area contributed by atoms with Gasteiger partial charge in [0.05, 0.1) is 12.4 Å². The van der Waals surface area contributed by atoms with Crippen LogP contribution in [0.5, 0.6) is 0 Å². The van der Waals surface area contributed by atoms with E-state index in [1.165, 1.54) is 17.0 Å². The van der Waals surface area contributed by atoms with Crippen molar-refractivity contribution in [1.29, 1.82) is 0 Å². The number of aliphatic hydroxyl groups is 1. The number of rotatable bonds is 7. The number of aliphatic hydroxyl groups excluding tert-OH is 1. The van der Waals surface area contributed by atoms with Crippen LogP contribution < -0.4 is 0 Å². The van der Waals surface area contributed by atoms with Crippen molar-refractivity contribution in [2.24, 2.45) is 0 Å². The highest BCUT2D eigenvalue weighted by Gasteiger charge is 2.21. The summed E-state index contributed by atoms with van der Waals surface area (Å²) in [5.74, 6) is -2.36. The number of thioether (sulfide) groups is 1. The van der Waals surface area contributed by atoms with Crippen LogP contribution >= 0.6 is 11.8 Å². The molecule has 108 valence electrons. The molecule has 1 aromatic heterocycles. The molecule has 0 aliphatic heterocycles. The molecular formula is C12H17F2NO3S. The minimum atomic E-state index is -2.47. The van der Waals surface area contributed by atoms with Gasteiger partial charge < -0.3 is 14.4 Å². The van der Waals surface area contributed by atoms with E-state index in [1.54, 1.807) is 0 Å². The molecule has 0 atom stereocenters. The molecule has 1 aromatic rings. The number of alkyl halides is 2.